The minimum Gasteiger partial charge on any atom is -0.387 e. The molecule has 0 radical (unpaired) electrons. The van der Waals surface area contributed by atoms with Crippen LogP contribution in [-0.2, 0) is 0 Å². The first kappa shape index (κ1) is 20.0. The van der Waals surface area contributed by atoms with Crippen LogP contribution >= 0.6 is 23.2 Å². The Morgan fingerprint density at radius 3 is 2.41 bits per heavy atom. The van der Waals surface area contributed by atoms with E-state index in [1.165, 1.54) is 0 Å². The Bertz CT molecular complexity index is 1090. The second kappa shape index (κ2) is 9.02. The molecule has 3 aromatic carbocycles. The molecule has 1 heterocycles. The number of aromatic nitrogens is 1. The molecule has 0 aliphatic rings. The predicted molar refractivity (Wildman–Crippen MR) is 121 cm³/mol. The van der Waals surface area contributed by atoms with Crippen molar-refractivity contribution in [1.82, 2.24) is 10.3 Å². The molecule has 0 unspecified atom stereocenters. The molecular formula is C24H22Cl2N2O. The largest absolute Gasteiger partial charge is 0.387 e. The van der Waals surface area contributed by atoms with Crippen LogP contribution < -0.4 is 5.32 Å². The smallest absolute Gasteiger partial charge is 0.0914 e. The fraction of sp³-hybridized carbons (Fsp3) is 0.167. The number of benzene rings is 3. The first-order valence-electron chi connectivity index (χ1n) is 9.58. The van der Waals surface area contributed by atoms with Crippen LogP contribution in [0.5, 0.6) is 0 Å². The van der Waals surface area contributed by atoms with Crippen molar-refractivity contribution in [2.45, 2.75) is 12.0 Å². The van der Waals surface area contributed by atoms with E-state index in [0.717, 1.165) is 27.6 Å². The van der Waals surface area contributed by atoms with Crippen molar-refractivity contribution >= 4 is 34.1 Å². The maximum atomic E-state index is 10.5. The molecule has 5 heteroatoms. The highest BCUT2D eigenvalue weighted by molar-refractivity contribution is 6.35. The van der Waals surface area contributed by atoms with Gasteiger partial charge in [0.15, 0.2) is 0 Å². The van der Waals surface area contributed by atoms with Crippen LogP contribution in [0.4, 0.5) is 0 Å². The molecule has 2 atom stereocenters. The summed E-state index contributed by atoms with van der Waals surface area (Å²) in [5.74, 6) is 0.0129. The second-order valence-corrected chi connectivity index (χ2v) is 7.94. The van der Waals surface area contributed by atoms with Crippen LogP contribution in [0, 0.1) is 0 Å². The average molecular weight is 425 g/mol. The Morgan fingerprint density at radius 2 is 1.62 bits per heavy atom. The molecule has 0 fully saturated rings. The fourth-order valence-electron chi connectivity index (χ4n) is 3.71. The Hall–Kier alpha value is -2.30. The highest BCUT2D eigenvalue weighted by atomic mass is 35.5. The molecule has 0 spiro atoms. The summed E-state index contributed by atoms with van der Waals surface area (Å²) < 4.78 is 0. The van der Waals surface area contributed by atoms with Gasteiger partial charge in [-0.05, 0) is 34.9 Å². The van der Waals surface area contributed by atoms with Crippen LogP contribution in [0.1, 0.15) is 28.7 Å². The molecule has 4 aromatic rings. The van der Waals surface area contributed by atoms with Crippen molar-refractivity contribution in [2.75, 3.05) is 13.1 Å². The molecule has 1 aromatic heterocycles. The summed E-state index contributed by atoms with van der Waals surface area (Å²) in [6.45, 7) is 1.08. The summed E-state index contributed by atoms with van der Waals surface area (Å²) in [5, 5.41) is 16.3. The monoisotopic (exact) mass is 424 g/mol. The number of para-hydroxylation sites is 1. The number of hydrogen-bond acceptors (Lipinski definition) is 2. The molecule has 0 bridgehead atoms. The molecular weight excluding hydrogens is 403 g/mol. The van der Waals surface area contributed by atoms with E-state index in [0.29, 0.717) is 23.1 Å². The van der Waals surface area contributed by atoms with Gasteiger partial charge in [-0.2, -0.15) is 0 Å². The molecule has 0 amide bonds. The van der Waals surface area contributed by atoms with Crippen molar-refractivity contribution in [1.29, 1.82) is 0 Å². The van der Waals surface area contributed by atoms with E-state index in [1.807, 2.05) is 60.8 Å². The van der Waals surface area contributed by atoms with Gasteiger partial charge in [0, 0.05) is 46.2 Å². The molecule has 0 aliphatic carbocycles. The number of nitrogens with one attached hydrogen (secondary N) is 2. The topological polar surface area (TPSA) is 48.0 Å². The maximum Gasteiger partial charge on any atom is 0.0914 e. The van der Waals surface area contributed by atoms with Gasteiger partial charge >= 0.3 is 0 Å². The highest BCUT2D eigenvalue weighted by Gasteiger charge is 2.21. The Morgan fingerprint density at radius 1 is 0.862 bits per heavy atom. The van der Waals surface area contributed by atoms with Gasteiger partial charge in [-0.3, -0.25) is 0 Å². The molecule has 3 N–H and O–H groups in total. The van der Waals surface area contributed by atoms with E-state index in [2.05, 4.69) is 22.4 Å². The van der Waals surface area contributed by atoms with Gasteiger partial charge in [-0.15, -0.1) is 0 Å². The lowest BCUT2D eigenvalue weighted by atomic mass is 9.90. The van der Waals surface area contributed by atoms with Gasteiger partial charge in [0.2, 0.25) is 0 Å². The van der Waals surface area contributed by atoms with Gasteiger partial charge < -0.3 is 15.4 Å². The van der Waals surface area contributed by atoms with Crippen molar-refractivity contribution in [3.8, 4) is 0 Å². The number of rotatable bonds is 7. The number of aliphatic hydroxyl groups excluding tert-OH is 1. The zero-order chi connectivity index (χ0) is 20.2. The molecule has 0 saturated carbocycles. The van der Waals surface area contributed by atoms with Crippen molar-refractivity contribution in [3.05, 3.63) is 106 Å². The van der Waals surface area contributed by atoms with Gasteiger partial charge in [-0.1, -0.05) is 77.8 Å². The fourth-order valence-corrected chi connectivity index (χ4v) is 4.25. The average Bonchev–Trinajstić information content (AvgIpc) is 3.16. The number of halogens is 2. The minimum absolute atomic E-state index is 0.0129. The molecule has 0 aliphatic heterocycles. The quantitative estimate of drug-likeness (QED) is 0.344. The van der Waals surface area contributed by atoms with E-state index in [9.17, 15) is 5.11 Å². The summed E-state index contributed by atoms with van der Waals surface area (Å²) >= 11 is 12.7. The van der Waals surface area contributed by atoms with Crippen molar-refractivity contribution in [2.24, 2.45) is 0 Å². The number of aromatic amines is 1. The molecule has 4 rings (SSSR count). The summed E-state index contributed by atoms with van der Waals surface area (Å²) in [7, 11) is 0. The second-order valence-electron chi connectivity index (χ2n) is 7.09. The number of aliphatic hydroxyl groups is 1. The lowest BCUT2D eigenvalue weighted by Crippen LogP contribution is -2.27. The first-order valence-corrected chi connectivity index (χ1v) is 10.3. The number of hydrogen-bond donors (Lipinski definition) is 3. The lowest BCUT2D eigenvalue weighted by molar-refractivity contribution is 0.174. The van der Waals surface area contributed by atoms with Gasteiger partial charge in [0.25, 0.3) is 0 Å². The maximum absolute atomic E-state index is 10.5. The van der Waals surface area contributed by atoms with Gasteiger partial charge in [0.05, 0.1) is 6.10 Å². The molecule has 3 nitrogen and oxygen atoms in total. The number of fused-ring (bicyclic) bond motifs is 1. The summed E-state index contributed by atoms with van der Waals surface area (Å²) in [6.07, 6.45) is 1.47. The molecule has 29 heavy (non-hydrogen) atoms. The minimum atomic E-state index is -0.569. The summed E-state index contributed by atoms with van der Waals surface area (Å²) in [5.41, 5.74) is 4.14. The van der Waals surface area contributed by atoms with Crippen LogP contribution in [0.3, 0.4) is 0 Å². The van der Waals surface area contributed by atoms with E-state index in [4.69, 9.17) is 23.2 Å². The standard InChI is InChI=1S/C24H22Cl2N2O/c25-17-10-11-18(22(26)12-17)20(21-14-28-23-9-5-4-8-19(21)23)13-27-15-24(29)16-6-2-1-3-7-16/h1-12,14,20,24,27-29H,13,15H2/t20-,24+/m0/s1. The van der Waals surface area contributed by atoms with Crippen molar-refractivity contribution < 1.29 is 5.11 Å². The van der Waals surface area contributed by atoms with Crippen molar-refractivity contribution in [3.63, 3.8) is 0 Å². The third-order valence-corrected chi connectivity index (χ3v) is 5.77. The van der Waals surface area contributed by atoms with E-state index >= 15 is 0 Å². The number of H-pyrrole nitrogens is 1. The molecule has 148 valence electrons. The van der Waals surface area contributed by atoms with Gasteiger partial charge in [0.1, 0.15) is 0 Å². The van der Waals surface area contributed by atoms with E-state index in [1.54, 1.807) is 6.07 Å². The van der Waals surface area contributed by atoms with Gasteiger partial charge in [-0.25, -0.2) is 0 Å². The third-order valence-electron chi connectivity index (χ3n) is 5.21. The zero-order valence-corrected chi connectivity index (χ0v) is 17.3. The highest BCUT2D eigenvalue weighted by Crippen LogP contribution is 2.35. The summed E-state index contributed by atoms with van der Waals surface area (Å²) in [4.78, 5) is 3.35. The van der Waals surface area contributed by atoms with E-state index < -0.39 is 6.10 Å². The predicted octanol–water partition coefficient (Wildman–Crippen LogP) is 5.93. The summed E-state index contributed by atoms with van der Waals surface area (Å²) in [6, 6.07) is 23.5. The Kier molecular flexibility index (Phi) is 6.22. The molecule has 0 saturated heterocycles. The normalized spacial score (nSPS) is 13.5. The Labute approximate surface area is 180 Å². The van der Waals surface area contributed by atoms with Crippen LogP contribution in [0.15, 0.2) is 79.0 Å². The third kappa shape index (κ3) is 4.49. The zero-order valence-electron chi connectivity index (χ0n) is 15.8. The van der Waals surface area contributed by atoms with Crippen LogP contribution in [-0.4, -0.2) is 23.2 Å². The van der Waals surface area contributed by atoms with Crippen LogP contribution in [0.2, 0.25) is 10.0 Å². The Balaban J connectivity index is 1.60. The SMILES string of the molecule is O[C@H](CNC[C@@H](c1ccc(Cl)cc1Cl)c1c[nH]c2ccccc12)c1ccccc1. The van der Waals surface area contributed by atoms with Crippen LogP contribution in [0.25, 0.3) is 10.9 Å². The van der Waals surface area contributed by atoms with E-state index in [-0.39, 0.29) is 5.92 Å². The first-order chi connectivity index (χ1) is 14.1. The lowest BCUT2D eigenvalue weighted by Gasteiger charge is -2.21.